The lowest BCUT2D eigenvalue weighted by Crippen LogP contribution is -2.13. The zero-order chi connectivity index (χ0) is 21.8. The molecule has 3 rings (SSSR count). The highest BCUT2D eigenvalue weighted by molar-refractivity contribution is 7.16. The number of furan rings is 1. The van der Waals surface area contributed by atoms with E-state index in [0.717, 1.165) is 4.88 Å². The number of amides is 1. The molecule has 9 nitrogen and oxygen atoms in total. The number of nitrogens with zero attached hydrogens (tertiary/aromatic N) is 1. The molecule has 0 aliphatic rings. The number of hydrogen-bond acceptors (Lipinski definition) is 8. The fraction of sp³-hybridized carbons (Fsp3) is 0.158. The molecule has 0 saturated carbocycles. The first-order chi connectivity index (χ1) is 14.3. The molecule has 0 aliphatic carbocycles. The van der Waals surface area contributed by atoms with Crippen LogP contribution in [-0.2, 0) is 11.3 Å². The van der Waals surface area contributed by atoms with Gasteiger partial charge >= 0.3 is 5.97 Å². The van der Waals surface area contributed by atoms with Gasteiger partial charge in [-0.15, -0.1) is 11.3 Å². The van der Waals surface area contributed by atoms with Gasteiger partial charge in [0, 0.05) is 17.0 Å². The first-order valence-electron chi connectivity index (χ1n) is 8.44. The van der Waals surface area contributed by atoms with Crippen molar-refractivity contribution in [2.24, 2.45) is 0 Å². The Balaban J connectivity index is 1.66. The molecule has 0 saturated heterocycles. The molecule has 0 radical (unpaired) electrons. The van der Waals surface area contributed by atoms with Crippen molar-refractivity contribution >= 4 is 45.5 Å². The highest BCUT2D eigenvalue weighted by Crippen LogP contribution is 2.30. The quantitative estimate of drug-likeness (QED) is 0.311. The largest absolute Gasteiger partial charge is 0.484 e. The predicted octanol–water partition coefficient (Wildman–Crippen LogP) is 4.83. The van der Waals surface area contributed by atoms with Crippen LogP contribution in [0.2, 0.25) is 5.02 Å². The normalized spacial score (nSPS) is 10.5. The monoisotopic (exact) mass is 450 g/mol. The summed E-state index contributed by atoms with van der Waals surface area (Å²) in [6, 6.07) is 8.47. The van der Waals surface area contributed by atoms with Crippen molar-refractivity contribution in [1.82, 2.24) is 0 Å². The maximum atomic E-state index is 12.5. The fourth-order valence-corrected chi connectivity index (χ4v) is 3.60. The molecule has 156 valence electrons. The summed E-state index contributed by atoms with van der Waals surface area (Å²) in [7, 11) is 1.26. The summed E-state index contributed by atoms with van der Waals surface area (Å²) < 4.78 is 15.7. The van der Waals surface area contributed by atoms with E-state index in [1.807, 2.05) is 0 Å². The van der Waals surface area contributed by atoms with E-state index in [9.17, 15) is 19.7 Å². The lowest BCUT2D eigenvalue weighted by molar-refractivity contribution is -0.384. The van der Waals surface area contributed by atoms with Crippen LogP contribution in [0.4, 0.5) is 10.7 Å². The molecule has 30 heavy (non-hydrogen) atoms. The van der Waals surface area contributed by atoms with Gasteiger partial charge in [0.05, 0.1) is 22.6 Å². The van der Waals surface area contributed by atoms with Crippen LogP contribution in [-0.4, -0.2) is 23.9 Å². The number of halogens is 1. The van der Waals surface area contributed by atoms with E-state index < -0.39 is 16.8 Å². The predicted molar refractivity (Wildman–Crippen MR) is 109 cm³/mol. The standard InChI is InChI=1S/C19H15ClN2O7S/c1-10-7-13(19(24)27-2)18(30-10)21-17(23)16-6-4-12(29-16)9-28-15-5-3-11(22(25)26)8-14(15)20/h3-8H,9H2,1-2H3,(H,21,23). The fourth-order valence-electron chi connectivity index (χ4n) is 2.48. The maximum absolute atomic E-state index is 12.5. The summed E-state index contributed by atoms with van der Waals surface area (Å²) in [5, 5.41) is 13.8. The van der Waals surface area contributed by atoms with Crippen molar-refractivity contribution in [2.45, 2.75) is 13.5 Å². The number of methoxy groups -OCH3 is 1. The van der Waals surface area contributed by atoms with Crippen molar-refractivity contribution in [2.75, 3.05) is 12.4 Å². The average Bonchev–Trinajstić information content (AvgIpc) is 3.33. The Bertz CT molecular complexity index is 1120. The van der Waals surface area contributed by atoms with E-state index in [0.29, 0.717) is 10.8 Å². The summed E-state index contributed by atoms with van der Waals surface area (Å²) in [5.74, 6) is -0.499. The SMILES string of the molecule is COC(=O)c1cc(C)sc1NC(=O)c1ccc(COc2ccc([N+](=O)[O-])cc2Cl)o1. The Hall–Kier alpha value is -3.37. The Morgan fingerprint density at radius 2 is 2.03 bits per heavy atom. The number of non-ortho nitro benzene ring substituents is 1. The van der Waals surface area contributed by atoms with Crippen LogP contribution in [0.5, 0.6) is 5.75 Å². The summed E-state index contributed by atoms with van der Waals surface area (Å²) in [4.78, 5) is 35.3. The van der Waals surface area contributed by atoms with Gasteiger partial charge in [-0.3, -0.25) is 14.9 Å². The highest BCUT2D eigenvalue weighted by atomic mass is 35.5. The van der Waals surface area contributed by atoms with Crippen molar-refractivity contribution < 1.29 is 28.4 Å². The Labute approximate surface area is 179 Å². The average molecular weight is 451 g/mol. The summed E-state index contributed by atoms with van der Waals surface area (Å²) in [6.07, 6.45) is 0. The summed E-state index contributed by atoms with van der Waals surface area (Å²) in [5.41, 5.74) is 0.107. The first kappa shape index (κ1) is 21.3. The van der Waals surface area contributed by atoms with Crippen molar-refractivity contribution in [3.8, 4) is 5.75 Å². The number of nitro groups is 1. The number of carbonyl (C=O) groups is 2. The van der Waals surface area contributed by atoms with Crippen molar-refractivity contribution in [3.63, 3.8) is 0 Å². The van der Waals surface area contributed by atoms with Gasteiger partial charge in [-0.2, -0.15) is 0 Å². The molecule has 0 bridgehead atoms. The van der Waals surface area contributed by atoms with Crippen molar-refractivity contribution in [1.29, 1.82) is 0 Å². The molecule has 1 aromatic carbocycles. The van der Waals surface area contributed by atoms with Crippen LogP contribution in [0.25, 0.3) is 0 Å². The number of ether oxygens (including phenoxy) is 2. The molecular formula is C19H15ClN2O7S. The number of nitrogens with one attached hydrogen (secondary N) is 1. The number of carbonyl (C=O) groups excluding carboxylic acids is 2. The van der Waals surface area contributed by atoms with Crippen LogP contribution in [0.1, 0.15) is 31.6 Å². The Kier molecular flexibility index (Phi) is 6.38. The number of nitro benzene ring substituents is 1. The third-order valence-corrected chi connectivity index (χ3v) is 5.13. The van der Waals surface area contributed by atoms with Crippen LogP contribution in [0.3, 0.4) is 0 Å². The number of aryl methyl sites for hydroxylation is 1. The number of rotatable bonds is 7. The number of hydrogen-bond donors (Lipinski definition) is 1. The smallest absolute Gasteiger partial charge is 0.340 e. The third kappa shape index (κ3) is 4.78. The molecule has 1 amide bonds. The molecule has 0 aliphatic heterocycles. The molecule has 1 N–H and O–H groups in total. The summed E-state index contributed by atoms with van der Waals surface area (Å²) >= 11 is 7.22. The molecule has 0 spiro atoms. The van der Waals surface area contributed by atoms with Gasteiger partial charge in [0.2, 0.25) is 0 Å². The first-order valence-corrected chi connectivity index (χ1v) is 9.63. The zero-order valence-corrected chi connectivity index (χ0v) is 17.3. The minimum absolute atomic E-state index is 0.0188. The van der Waals surface area contributed by atoms with Gasteiger partial charge in [0.15, 0.2) is 5.76 Å². The molecule has 3 aromatic rings. The second-order valence-electron chi connectivity index (χ2n) is 5.97. The van der Waals surface area contributed by atoms with Gasteiger partial charge < -0.3 is 19.2 Å². The van der Waals surface area contributed by atoms with Crippen molar-refractivity contribution in [3.05, 3.63) is 73.5 Å². The van der Waals surface area contributed by atoms with Gasteiger partial charge in [0.1, 0.15) is 23.1 Å². The zero-order valence-electron chi connectivity index (χ0n) is 15.8. The van der Waals surface area contributed by atoms with Crippen LogP contribution < -0.4 is 10.1 Å². The minimum atomic E-state index is -0.562. The van der Waals surface area contributed by atoms with E-state index in [2.05, 4.69) is 5.32 Å². The lowest BCUT2D eigenvalue weighted by Gasteiger charge is -2.06. The molecule has 2 heterocycles. The van der Waals surface area contributed by atoms with E-state index in [1.54, 1.807) is 19.1 Å². The topological polar surface area (TPSA) is 121 Å². The lowest BCUT2D eigenvalue weighted by atomic mass is 10.3. The number of thiophene rings is 1. The molecule has 11 heteroatoms. The Morgan fingerprint density at radius 3 is 2.70 bits per heavy atom. The van der Waals surface area contributed by atoms with Gasteiger partial charge in [-0.05, 0) is 31.2 Å². The number of esters is 1. The molecule has 2 aromatic heterocycles. The van der Waals surface area contributed by atoms with E-state index in [1.165, 1.54) is 42.7 Å². The second-order valence-corrected chi connectivity index (χ2v) is 7.64. The van der Waals surface area contributed by atoms with Gasteiger partial charge in [-0.25, -0.2) is 4.79 Å². The second kappa shape index (κ2) is 8.97. The maximum Gasteiger partial charge on any atom is 0.340 e. The van der Waals surface area contributed by atoms with E-state index in [-0.39, 0.29) is 34.4 Å². The number of benzene rings is 1. The molecule has 0 fully saturated rings. The molecule has 0 unspecified atom stereocenters. The minimum Gasteiger partial charge on any atom is -0.484 e. The molecule has 0 atom stereocenters. The van der Waals surface area contributed by atoms with E-state index in [4.69, 9.17) is 25.5 Å². The van der Waals surface area contributed by atoms with Crippen LogP contribution >= 0.6 is 22.9 Å². The highest BCUT2D eigenvalue weighted by Gasteiger charge is 2.20. The van der Waals surface area contributed by atoms with Crippen LogP contribution in [0.15, 0.2) is 40.8 Å². The third-order valence-electron chi connectivity index (χ3n) is 3.87. The van der Waals surface area contributed by atoms with Gasteiger partial charge in [0.25, 0.3) is 11.6 Å². The summed E-state index contributed by atoms with van der Waals surface area (Å²) in [6.45, 7) is 1.76. The molecular weight excluding hydrogens is 436 g/mol. The van der Waals surface area contributed by atoms with E-state index >= 15 is 0 Å². The Morgan fingerprint density at radius 1 is 1.27 bits per heavy atom. The number of anilines is 1. The van der Waals surface area contributed by atoms with Crippen LogP contribution in [0, 0.1) is 17.0 Å². The van der Waals surface area contributed by atoms with Gasteiger partial charge in [-0.1, -0.05) is 11.6 Å².